The minimum atomic E-state index is 0.168. The van der Waals surface area contributed by atoms with Gasteiger partial charge in [0, 0.05) is 18.5 Å². The summed E-state index contributed by atoms with van der Waals surface area (Å²) >= 11 is 0. The first-order valence-electron chi connectivity index (χ1n) is 5.96. The van der Waals surface area contributed by atoms with Crippen LogP contribution in [0.3, 0.4) is 0 Å². The zero-order chi connectivity index (χ0) is 11.8. The summed E-state index contributed by atoms with van der Waals surface area (Å²) in [6.07, 6.45) is 1.53. The van der Waals surface area contributed by atoms with Gasteiger partial charge in [-0.25, -0.2) is 0 Å². The van der Waals surface area contributed by atoms with Crippen molar-refractivity contribution in [2.45, 2.75) is 59.5 Å². The number of carbonyl (C=O) groups is 1. The van der Waals surface area contributed by atoms with Crippen molar-refractivity contribution in [3.05, 3.63) is 0 Å². The van der Waals surface area contributed by atoms with E-state index in [9.17, 15) is 4.79 Å². The van der Waals surface area contributed by atoms with Crippen molar-refractivity contribution in [2.24, 2.45) is 5.92 Å². The Kier molecular flexibility index (Phi) is 7.39. The maximum Gasteiger partial charge on any atom is 0.220 e. The quantitative estimate of drug-likeness (QED) is 0.636. The van der Waals surface area contributed by atoms with Crippen molar-refractivity contribution >= 4 is 5.91 Å². The third-order valence-corrected chi connectivity index (χ3v) is 2.52. The molecule has 0 fully saturated rings. The Morgan fingerprint density at radius 3 is 2.20 bits per heavy atom. The first-order valence-corrected chi connectivity index (χ1v) is 5.96. The topological polar surface area (TPSA) is 41.1 Å². The number of hydrogen-bond donors (Lipinski definition) is 2. The number of amides is 1. The molecule has 1 amide bonds. The van der Waals surface area contributed by atoms with E-state index in [1.54, 1.807) is 0 Å². The second-order valence-corrected chi connectivity index (χ2v) is 4.81. The average Bonchev–Trinajstić information content (AvgIpc) is 2.12. The van der Waals surface area contributed by atoms with E-state index in [4.69, 9.17) is 0 Å². The van der Waals surface area contributed by atoms with Crippen molar-refractivity contribution in [2.75, 3.05) is 6.54 Å². The highest BCUT2D eigenvalue weighted by Crippen LogP contribution is 2.00. The van der Waals surface area contributed by atoms with Crippen LogP contribution in [-0.4, -0.2) is 24.5 Å². The minimum Gasteiger partial charge on any atom is -0.353 e. The Bertz CT molecular complexity index is 178. The molecule has 0 rings (SSSR count). The molecule has 0 bridgehead atoms. The van der Waals surface area contributed by atoms with E-state index in [1.807, 2.05) is 0 Å². The molecule has 3 nitrogen and oxygen atoms in total. The maximum absolute atomic E-state index is 11.5. The molecular weight excluding hydrogens is 188 g/mol. The second kappa shape index (κ2) is 7.69. The van der Waals surface area contributed by atoms with Crippen LogP contribution in [0.4, 0.5) is 0 Å². The van der Waals surface area contributed by atoms with Crippen molar-refractivity contribution in [1.82, 2.24) is 10.6 Å². The molecule has 15 heavy (non-hydrogen) atoms. The Morgan fingerprint density at radius 1 is 1.13 bits per heavy atom. The lowest BCUT2D eigenvalue weighted by Crippen LogP contribution is -2.36. The Hall–Kier alpha value is -0.570. The van der Waals surface area contributed by atoms with E-state index in [-0.39, 0.29) is 11.9 Å². The molecule has 90 valence electrons. The molecule has 0 aliphatic heterocycles. The highest BCUT2D eigenvalue weighted by atomic mass is 16.1. The van der Waals surface area contributed by atoms with Crippen LogP contribution in [0.25, 0.3) is 0 Å². The van der Waals surface area contributed by atoms with Gasteiger partial charge in [0.25, 0.3) is 0 Å². The van der Waals surface area contributed by atoms with Gasteiger partial charge in [0.05, 0.1) is 0 Å². The molecule has 1 atom stereocenters. The third-order valence-electron chi connectivity index (χ3n) is 2.52. The molecule has 0 heterocycles. The number of nitrogens with one attached hydrogen (secondary N) is 2. The van der Waals surface area contributed by atoms with Gasteiger partial charge in [0.15, 0.2) is 0 Å². The Labute approximate surface area is 94.0 Å². The minimum absolute atomic E-state index is 0.168. The lowest BCUT2D eigenvalue weighted by atomic mass is 10.1. The van der Waals surface area contributed by atoms with E-state index < -0.39 is 0 Å². The van der Waals surface area contributed by atoms with E-state index in [0.717, 1.165) is 13.0 Å². The highest BCUT2D eigenvalue weighted by Gasteiger charge is 2.09. The van der Waals surface area contributed by atoms with Crippen LogP contribution in [0, 0.1) is 5.92 Å². The molecule has 2 N–H and O–H groups in total. The summed E-state index contributed by atoms with van der Waals surface area (Å²) in [4.78, 5) is 11.5. The molecule has 0 aromatic rings. The molecule has 0 saturated carbocycles. The number of carbonyl (C=O) groups excluding carboxylic acids is 1. The molecule has 0 aromatic carbocycles. The Morgan fingerprint density at radius 2 is 1.73 bits per heavy atom. The molecule has 1 unspecified atom stereocenters. The van der Waals surface area contributed by atoms with Crippen LogP contribution in [0.5, 0.6) is 0 Å². The monoisotopic (exact) mass is 214 g/mol. The van der Waals surface area contributed by atoms with Gasteiger partial charge in [0.2, 0.25) is 5.91 Å². The summed E-state index contributed by atoms with van der Waals surface area (Å²) in [5.41, 5.74) is 0. The summed E-state index contributed by atoms with van der Waals surface area (Å²) in [6, 6.07) is 0.776. The van der Waals surface area contributed by atoms with Crippen molar-refractivity contribution in [3.8, 4) is 0 Å². The summed E-state index contributed by atoms with van der Waals surface area (Å²) in [6.45, 7) is 11.4. The first kappa shape index (κ1) is 14.4. The number of hydrogen-bond acceptors (Lipinski definition) is 2. The predicted octanol–water partition coefficient (Wildman–Crippen LogP) is 1.93. The molecular formula is C12H26N2O. The predicted molar refractivity (Wildman–Crippen MR) is 64.8 cm³/mol. The highest BCUT2D eigenvalue weighted by molar-refractivity contribution is 5.76. The number of rotatable bonds is 7. The van der Waals surface area contributed by atoms with Crippen LogP contribution in [0.2, 0.25) is 0 Å². The fourth-order valence-corrected chi connectivity index (χ4v) is 1.13. The summed E-state index contributed by atoms with van der Waals surface area (Å²) in [5.74, 6) is 0.671. The van der Waals surface area contributed by atoms with Crippen LogP contribution in [0.1, 0.15) is 47.5 Å². The molecule has 0 saturated heterocycles. The van der Waals surface area contributed by atoms with E-state index >= 15 is 0 Å². The van der Waals surface area contributed by atoms with Crippen molar-refractivity contribution < 1.29 is 4.79 Å². The SMILES string of the molecule is CC(C)NCCCC(=O)NC(C)C(C)C. The molecule has 0 aliphatic rings. The van der Waals surface area contributed by atoms with E-state index in [0.29, 0.717) is 18.4 Å². The maximum atomic E-state index is 11.5. The summed E-state index contributed by atoms with van der Waals surface area (Å²) in [7, 11) is 0. The van der Waals surface area contributed by atoms with Gasteiger partial charge in [0.1, 0.15) is 0 Å². The third kappa shape index (κ3) is 8.43. The van der Waals surface area contributed by atoms with Crippen LogP contribution in [0.15, 0.2) is 0 Å². The Balaban J connectivity index is 3.49. The molecule has 0 aromatic heterocycles. The van der Waals surface area contributed by atoms with Gasteiger partial charge in [-0.05, 0) is 25.8 Å². The van der Waals surface area contributed by atoms with Gasteiger partial charge < -0.3 is 10.6 Å². The lowest BCUT2D eigenvalue weighted by molar-refractivity contribution is -0.122. The molecule has 3 heteroatoms. The smallest absolute Gasteiger partial charge is 0.220 e. The van der Waals surface area contributed by atoms with Crippen molar-refractivity contribution in [1.29, 1.82) is 0 Å². The molecule has 0 spiro atoms. The van der Waals surface area contributed by atoms with Crippen molar-refractivity contribution in [3.63, 3.8) is 0 Å². The normalized spacial score (nSPS) is 13.3. The fourth-order valence-electron chi connectivity index (χ4n) is 1.13. The largest absolute Gasteiger partial charge is 0.353 e. The van der Waals surface area contributed by atoms with Crippen LogP contribution < -0.4 is 10.6 Å². The zero-order valence-electron chi connectivity index (χ0n) is 10.8. The van der Waals surface area contributed by atoms with Gasteiger partial charge in [-0.1, -0.05) is 27.7 Å². The van der Waals surface area contributed by atoms with Crippen LogP contribution in [-0.2, 0) is 4.79 Å². The fraction of sp³-hybridized carbons (Fsp3) is 0.917. The second-order valence-electron chi connectivity index (χ2n) is 4.81. The summed E-state index contributed by atoms with van der Waals surface area (Å²) in [5, 5.41) is 6.30. The van der Waals surface area contributed by atoms with Gasteiger partial charge in [-0.2, -0.15) is 0 Å². The molecule has 0 radical (unpaired) electrons. The standard InChI is InChI=1S/C12H26N2O/c1-9(2)11(5)14-12(15)7-6-8-13-10(3)4/h9-11,13H,6-8H2,1-5H3,(H,14,15). The zero-order valence-corrected chi connectivity index (χ0v) is 10.8. The summed E-state index contributed by atoms with van der Waals surface area (Å²) < 4.78 is 0. The van der Waals surface area contributed by atoms with Gasteiger partial charge >= 0.3 is 0 Å². The van der Waals surface area contributed by atoms with Gasteiger partial charge in [-0.3, -0.25) is 4.79 Å². The van der Waals surface area contributed by atoms with E-state index in [1.165, 1.54) is 0 Å². The van der Waals surface area contributed by atoms with E-state index in [2.05, 4.69) is 45.3 Å². The van der Waals surface area contributed by atoms with Crippen LogP contribution >= 0.6 is 0 Å². The first-order chi connectivity index (χ1) is 6.93. The lowest BCUT2D eigenvalue weighted by Gasteiger charge is -2.17. The average molecular weight is 214 g/mol. The van der Waals surface area contributed by atoms with Gasteiger partial charge in [-0.15, -0.1) is 0 Å². The molecule has 0 aliphatic carbocycles.